The molecule has 0 atom stereocenters. The standard InChI is InChI=1S/C15H14ClNO2/c1-10-6-7-12(16)8-14(10)19-9-11-4-2-3-5-13(11)15(17)18/h2-8H,9H2,1H3,(H2,17,18). The smallest absolute Gasteiger partial charge is 0.249 e. The maximum atomic E-state index is 11.3. The molecule has 2 aromatic rings. The van der Waals surface area contributed by atoms with Crippen molar-refractivity contribution in [1.82, 2.24) is 0 Å². The van der Waals surface area contributed by atoms with Gasteiger partial charge in [0.1, 0.15) is 12.4 Å². The molecule has 98 valence electrons. The molecule has 2 aromatic carbocycles. The number of carbonyl (C=O) groups is 1. The van der Waals surface area contributed by atoms with Crippen molar-refractivity contribution in [1.29, 1.82) is 0 Å². The van der Waals surface area contributed by atoms with Gasteiger partial charge in [-0.1, -0.05) is 35.9 Å². The third-order valence-electron chi connectivity index (χ3n) is 2.82. The highest BCUT2D eigenvalue weighted by molar-refractivity contribution is 6.30. The quantitative estimate of drug-likeness (QED) is 0.930. The molecule has 2 rings (SSSR count). The van der Waals surface area contributed by atoms with E-state index < -0.39 is 5.91 Å². The van der Waals surface area contributed by atoms with Crippen molar-refractivity contribution in [2.24, 2.45) is 5.73 Å². The Kier molecular flexibility index (Phi) is 4.07. The van der Waals surface area contributed by atoms with E-state index in [1.165, 1.54) is 0 Å². The first kappa shape index (κ1) is 13.4. The highest BCUT2D eigenvalue weighted by atomic mass is 35.5. The molecule has 0 fully saturated rings. The van der Waals surface area contributed by atoms with Gasteiger partial charge >= 0.3 is 0 Å². The minimum Gasteiger partial charge on any atom is -0.489 e. The van der Waals surface area contributed by atoms with Crippen LogP contribution in [0, 0.1) is 6.92 Å². The molecular weight excluding hydrogens is 262 g/mol. The number of rotatable bonds is 4. The number of ether oxygens (including phenoxy) is 1. The van der Waals surface area contributed by atoms with Gasteiger partial charge in [-0.05, 0) is 30.7 Å². The number of benzene rings is 2. The lowest BCUT2D eigenvalue weighted by Crippen LogP contribution is -2.14. The van der Waals surface area contributed by atoms with Crippen LogP contribution in [0.5, 0.6) is 5.75 Å². The number of hydrogen-bond donors (Lipinski definition) is 1. The van der Waals surface area contributed by atoms with E-state index in [9.17, 15) is 4.79 Å². The summed E-state index contributed by atoms with van der Waals surface area (Å²) in [5, 5.41) is 0.615. The Hall–Kier alpha value is -2.00. The van der Waals surface area contributed by atoms with Gasteiger partial charge in [-0.2, -0.15) is 0 Å². The molecule has 0 aliphatic rings. The zero-order valence-corrected chi connectivity index (χ0v) is 11.3. The van der Waals surface area contributed by atoms with Crippen molar-refractivity contribution < 1.29 is 9.53 Å². The Balaban J connectivity index is 2.19. The van der Waals surface area contributed by atoms with Crippen LogP contribution in [-0.2, 0) is 6.61 Å². The molecule has 4 heteroatoms. The summed E-state index contributed by atoms with van der Waals surface area (Å²) >= 11 is 5.93. The lowest BCUT2D eigenvalue weighted by atomic mass is 10.1. The number of aryl methyl sites for hydroxylation is 1. The number of hydrogen-bond acceptors (Lipinski definition) is 2. The molecule has 1 amide bonds. The molecule has 0 aliphatic carbocycles. The lowest BCUT2D eigenvalue weighted by Gasteiger charge is -2.11. The zero-order valence-electron chi connectivity index (χ0n) is 10.5. The van der Waals surface area contributed by atoms with Gasteiger partial charge in [0.15, 0.2) is 0 Å². The fraction of sp³-hybridized carbons (Fsp3) is 0.133. The van der Waals surface area contributed by atoms with E-state index >= 15 is 0 Å². The SMILES string of the molecule is Cc1ccc(Cl)cc1OCc1ccccc1C(N)=O. The average Bonchev–Trinajstić information content (AvgIpc) is 2.40. The Morgan fingerprint density at radius 2 is 2.00 bits per heavy atom. The summed E-state index contributed by atoms with van der Waals surface area (Å²) in [6.45, 7) is 2.21. The fourth-order valence-corrected chi connectivity index (χ4v) is 1.93. The first-order valence-electron chi connectivity index (χ1n) is 5.84. The number of nitrogens with two attached hydrogens (primary N) is 1. The maximum Gasteiger partial charge on any atom is 0.249 e. The van der Waals surface area contributed by atoms with Crippen LogP contribution >= 0.6 is 11.6 Å². The molecule has 0 heterocycles. The minimum atomic E-state index is -0.456. The first-order chi connectivity index (χ1) is 9.08. The van der Waals surface area contributed by atoms with E-state index in [1.54, 1.807) is 24.3 Å². The highest BCUT2D eigenvalue weighted by Gasteiger charge is 2.08. The predicted octanol–water partition coefficient (Wildman–Crippen LogP) is 3.33. The molecule has 0 bridgehead atoms. The van der Waals surface area contributed by atoms with E-state index in [-0.39, 0.29) is 6.61 Å². The molecular formula is C15H14ClNO2. The van der Waals surface area contributed by atoms with Crippen LogP contribution in [0.1, 0.15) is 21.5 Å². The normalized spacial score (nSPS) is 10.2. The van der Waals surface area contributed by atoms with Crippen molar-refractivity contribution in [3.8, 4) is 5.75 Å². The number of primary amides is 1. The second kappa shape index (κ2) is 5.76. The van der Waals surface area contributed by atoms with Crippen LogP contribution in [0.4, 0.5) is 0 Å². The van der Waals surface area contributed by atoms with Crippen molar-refractivity contribution in [3.63, 3.8) is 0 Å². The van der Waals surface area contributed by atoms with E-state index in [4.69, 9.17) is 22.1 Å². The molecule has 0 saturated carbocycles. The van der Waals surface area contributed by atoms with Crippen LogP contribution in [0.15, 0.2) is 42.5 Å². The van der Waals surface area contributed by atoms with Gasteiger partial charge in [-0.3, -0.25) is 4.79 Å². The van der Waals surface area contributed by atoms with Crippen LogP contribution in [0.3, 0.4) is 0 Å². The summed E-state index contributed by atoms with van der Waals surface area (Å²) in [7, 11) is 0. The lowest BCUT2D eigenvalue weighted by molar-refractivity contribution is 0.0998. The summed E-state index contributed by atoms with van der Waals surface area (Å²) < 4.78 is 5.70. The Labute approximate surface area is 117 Å². The molecule has 0 aromatic heterocycles. The largest absolute Gasteiger partial charge is 0.489 e. The summed E-state index contributed by atoms with van der Waals surface area (Å²) in [5.74, 6) is 0.244. The average molecular weight is 276 g/mol. The summed E-state index contributed by atoms with van der Waals surface area (Å²) in [4.78, 5) is 11.3. The second-order valence-electron chi connectivity index (χ2n) is 4.22. The van der Waals surface area contributed by atoms with Gasteiger partial charge in [0, 0.05) is 16.1 Å². The molecule has 0 aliphatic heterocycles. The molecule has 2 N–H and O–H groups in total. The maximum absolute atomic E-state index is 11.3. The zero-order chi connectivity index (χ0) is 13.8. The molecule has 3 nitrogen and oxygen atoms in total. The first-order valence-corrected chi connectivity index (χ1v) is 6.22. The highest BCUT2D eigenvalue weighted by Crippen LogP contribution is 2.23. The van der Waals surface area contributed by atoms with E-state index in [1.807, 2.05) is 25.1 Å². The van der Waals surface area contributed by atoms with Gasteiger partial charge in [0.05, 0.1) is 0 Å². The van der Waals surface area contributed by atoms with Gasteiger partial charge in [0.25, 0.3) is 0 Å². The Bertz CT molecular complexity index is 611. The van der Waals surface area contributed by atoms with Crippen LogP contribution in [0.25, 0.3) is 0 Å². The van der Waals surface area contributed by atoms with Crippen LogP contribution in [-0.4, -0.2) is 5.91 Å². The molecule has 0 saturated heterocycles. The predicted molar refractivity (Wildman–Crippen MR) is 75.5 cm³/mol. The molecule has 0 spiro atoms. The summed E-state index contributed by atoms with van der Waals surface area (Å²) in [6, 6.07) is 12.6. The fourth-order valence-electron chi connectivity index (χ4n) is 1.77. The van der Waals surface area contributed by atoms with Gasteiger partial charge < -0.3 is 10.5 Å². The topological polar surface area (TPSA) is 52.3 Å². The third-order valence-corrected chi connectivity index (χ3v) is 3.05. The van der Waals surface area contributed by atoms with Crippen LogP contribution < -0.4 is 10.5 Å². The van der Waals surface area contributed by atoms with Gasteiger partial charge in [-0.25, -0.2) is 0 Å². The van der Waals surface area contributed by atoms with Crippen LogP contribution in [0.2, 0.25) is 5.02 Å². The van der Waals surface area contributed by atoms with Gasteiger partial charge in [0.2, 0.25) is 5.91 Å². The molecule has 0 radical (unpaired) electrons. The summed E-state index contributed by atoms with van der Waals surface area (Å²) in [6.07, 6.45) is 0. The van der Waals surface area contributed by atoms with E-state index in [0.29, 0.717) is 16.3 Å². The minimum absolute atomic E-state index is 0.278. The number of halogens is 1. The second-order valence-corrected chi connectivity index (χ2v) is 4.66. The van der Waals surface area contributed by atoms with E-state index in [0.717, 1.165) is 11.1 Å². The van der Waals surface area contributed by atoms with Crippen molar-refractivity contribution in [3.05, 3.63) is 64.2 Å². The molecule has 19 heavy (non-hydrogen) atoms. The molecule has 0 unspecified atom stereocenters. The van der Waals surface area contributed by atoms with Gasteiger partial charge in [-0.15, -0.1) is 0 Å². The number of carbonyl (C=O) groups excluding carboxylic acids is 1. The van der Waals surface area contributed by atoms with Crippen molar-refractivity contribution >= 4 is 17.5 Å². The monoisotopic (exact) mass is 275 g/mol. The van der Waals surface area contributed by atoms with E-state index in [2.05, 4.69) is 0 Å². The number of amides is 1. The van der Waals surface area contributed by atoms with Crippen molar-refractivity contribution in [2.45, 2.75) is 13.5 Å². The Morgan fingerprint density at radius 1 is 1.26 bits per heavy atom. The third kappa shape index (κ3) is 3.26. The van der Waals surface area contributed by atoms with Crippen molar-refractivity contribution in [2.75, 3.05) is 0 Å². The Morgan fingerprint density at radius 3 is 2.74 bits per heavy atom. The summed E-state index contributed by atoms with van der Waals surface area (Å²) in [5.41, 5.74) is 7.54.